The van der Waals surface area contributed by atoms with Gasteiger partial charge in [-0.2, -0.15) is 0 Å². The van der Waals surface area contributed by atoms with Crippen LogP contribution >= 0.6 is 0 Å². The van der Waals surface area contributed by atoms with Crippen molar-refractivity contribution < 1.29 is 4.74 Å². The molecule has 4 heteroatoms. The number of aromatic amines is 1. The van der Waals surface area contributed by atoms with Gasteiger partial charge < -0.3 is 14.6 Å². The highest BCUT2D eigenvalue weighted by atomic mass is 16.5. The van der Waals surface area contributed by atoms with Crippen molar-refractivity contribution in [2.24, 2.45) is 0 Å². The third-order valence-electron chi connectivity index (χ3n) is 3.62. The predicted molar refractivity (Wildman–Crippen MR) is 83.4 cm³/mol. The van der Waals surface area contributed by atoms with E-state index in [9.17, 15) is 0 Å². The van der Waals surface area contributed by atoms with Crippen LogP contribution in [0.4, 0.5) is 0 Å². The van der Waals surface area contributed by atoms with Gasteiger partial charge in [-0.1, -0.05) is 19.9 Å². The second-order valence-corrected chi connectivity index (χ2v) is 5.14. The van der Waals surface area contributed by atoms with Crippen LogP contribution in [0.2, 0.25) is 0 Å². The van der Waals surface area contributed by atoms with E-state index in [0.717, 1.165) is 29.7 Å². The second-order valence-electron chi connectivity index (χ2n) is 5.14. The normalized spacial score (nSPS) is 11.4. The van der Waals surface area contributed by atoms with Crippen LogP contribution in [0.1, 0.15) is 32.3 Å². The van der Waals surface area contributed by atoms with E-state index in [2.05, 4.69) is 34.8 Å². The third kappa shape index (κ3) is 3.31. The monoisotopic (exact) mass is 275 g/mol. The number of benzene rings is 1. The lowest BCUT2D eigenvalue weighted by atomic mass is 10.1. The summed E-state index contributed by atoms with van der Waals surface area (Å²) in [5, 5.41) is 0. The Hall–Kier alpha value is -1.55. The van der Waals surface area contributed by atoms with Gasteiger partial charge in [-0.05, 0) is 44.0 Å². The summed E-state index contributed by atoms with van der Waals surface area (Å²) >= 11 is 0. The van der Waals surface area contributed by atoms with Crippen molar-refractivity contribution in [3.8, 4) is 5.75 Å². The molecular formula is C16H25N3O. The number of hydrogen-bond donors (Lipinski definition) is 1. The number of imidazole rings is 1. The quantitative estimate of drug-likeness (QED) is 0.804. The first kappa shape index (κ1) is 14.9. The summed E-state index contributed by atoms with van der Waals surface area (Å²) in [7, 11) is 1.69. The average molecular weight is 275 g/mol. The van der Waals surface area contributed by atoms with Crippen LogP contribution in [0.3, 0.4) is 0 Å². The van der Waals surface area contributed by atoms with Crippen molar-refractivity contribution in [3.05, 3.63) is 24.0 Å². The van der Waals surface area contributed by atoms with Gasteiger partial charge in [0.1, 0.15) is 11.3 Å². The minimum absolute atomic E-state index is 0.861. The zero-order valence-corrected chi connectivity index (χ0v) is 12.8. The molecule has 0 atom stereocenters. The molecule has 1 aromatic heterocycles. The standard InChI is InChI=1S/C16H25N3O/c1-4-9-19(10-5-2)11-8-13-6-7-14(20-3)16-15(13)17-12-18-16/h6-7,12H,4-5,8-11H2,1-3H3,(H,17,18). The first-order valence-corrected chi connectivity index (χ1v) is 7.51. The highest BCUT2D eigenvalue weighted by Gasteiger charge is 2.10. The minimum Gasteiger partial charge on any atom is -0.494 e. The number of hydrogen-bond acceptors (Lipinski definition) is 3. The van der Waals surface area contributed by atoms with E-state index in [-0.39, 0.29) is 0 Å². The van der Waals surface area contributed by atoms with Crippen LogP contribution in [0.15, 0.2) is 18.5 Å². The van der Waals surface area contributed by atoms with E-state index in [0.29, 0.717) is 0 Å². The number of fused-ring (bicyclic) bond motifs is 1. The van der Waals surface area contributed by atoms with Crippen LogP contribution in [0.25, 0.3) is 11.0 Å². The van der Waals surface area contributed by atoms with Crippen molar-refractivity contribution in [2.45, 2.75) is 33.1 Å². The number of rotatable bonds is 8. The Balaban J connectivity index is 2.11. The smallest absolute Gasteiger partial charge is 0.144 e. The van der Waals surface area contributed by atoms with E-state index in [1.54, 1.807) is 13.4 Å². The molecule has 1 N–H and O–H groups in total. The third-order valence-corrected chi connectivity index (χ3v) is 3.62. The minimum atomic E-state index is 0.861. The highest BCUT2D eigenvalue weighted by Crippen LogP contribution is 2.25. The van der Waals surface area contributed by atoms with Crippen molar-refractivity contribution in [1.82, 2.24) is 14.9 Å². The molecule has 0 radical (unpaired) electrons. The molecule has 0 aliphatic heterocycles. The average Bonchev–Trinajstić information content (AvgIpc) is 2.94. The van der Waals surface area contributed by atoms with Crippen LogP contribution in [-0.4, -0.2) is 41.6 Å². The molecule has 2 aromatic rings. The first-order valence-electron chi connectivity index (χ1n) is 7.51. The lowest BCUT2D eigenvalue weighted by Gasteiger charge is -2.21. The zero-order chi connectivity index (χ0) is 14.4. The van der Waals surface area contributed by atoms with Crippen LogP contribution in [-0.2, 0) is 6.42 Å². The SMILES string of the molecule is CCCN(CCC)CCc1ccc(OC)c2[nH]cnc12. The molecule has 0 saturated heterocycles. The number of ether oxygens (including phenoxy) is 1. The summed E-state index contributed by atoms with van der Waals surface area (Å²) in [6.45, 7) is 7.92. The highest BCUT2D eigenvalue weighted by molar-refractivity contribution is 5.84. The second kappa shape index (κ2) is 7.29. The molecule has 0 spiro atoms. The Bertz CT molecular complexity index is 530. The summed E-state index contributed by atoms with van der Waals surface area (Å²) in [5.74, 6) is 0.861. The molecule has 0 unspecified atom stereocenters. The molecular weight excluding hydrogens is 250 g/mol. The maximum atomic E-state index is 5.36. The molecule has 0 aliphatic carbocycles. The first-order chi connectivity index (χ1) is 9.80. The Labute approximate surface area is 121 Å². The Morgan fingerprint density at radius 1 is 1.15 bits per heavy atom. The molecule has 0 bridgehead atoms. The largest absolute Gasteiger partial charge is 0.494 e. The van der Waals surface area contributed by atoms with Crippen molar-refractivity contribution >= 4 is 11.0 Å². The van der Waals surface area contributed by atoms with Crippen LogP contribution < -0.4 is 4.74 Å². The van der Waals surface area contributed by atoms with Crippen molar-refractivity contribution in [3.63, 3.8) is 0 Å². The molecule has 1 aromatic carbocycles. The number of H-pyrrole nitrogens is 1. The van der Waals surface area contributed by atoms with E-state index in [4.69, 9.17) is 4.74 Å². The number of methoxy groups -OCH3 is 1. The zero-order valence-electron chi connectivity index (χ0n) is 12.8. The Kier molecular flexibility index (Phi) is 5.41. The summed E-state index contributed by atoms with van der Waals surface area (Å²) in [4.78, 5) is 10.1. The predicted octanol–water partition coefficient (Wildman–Crippen LogP) is 3.24. The fourth-order valence-electron chi connectivity index (χ4n) is 2.68. The maximum absolute atomic E-state index is 5.36. The van der Waals surface area contributed by atoms with Gasteiger partial charge in [-0.3, -0.25) is 0 Å². The van der Waals surface area contributed by atoms with Gasteiger partial charge in [0.2, 0.25) is 0 Å². The van der Waals surface area contributed by atoms with Gasteiger partial charge in [-0.25, -0.2) is 4.98 Å². The fraction of sp³-hybridized carbons (Fsp3) is 0.562. The maximum Gasteiger partial charge on any atom is 0.144 e. The lowest BCUT2D eigenvalue weighted by molar-refractivity contribution is 0.278. The van der Waals surface area contributed by atoms with Crippen LogP contribution in [0.5, 0.6) is 5.75 Å². The van der Waals surface area contributed by atoms with E-state index in [1.807, 2.05) is 6.07 Å². The fourth-order valence-corrected chi connectivity index (χ4v) is 2.68. The van der Waals surface area contributed by atoms with Gasteiger partial charge in [0.15, 0.2) is 0 Å². The summed E-state index contributed by atoms with van der Waals surface area (Å²) in [6.07, 6.45) is 5.19. The van der Waals surface area contributed by atoms with Crippen LogP contribution in [0, 0.1) is 0 Å². The molecule has 1 heterocycles. The molecule has 0 amide bonds. The summed E-state index contributed by atoms with van der Waals surface area (Å²) in [6, 6.07) is 4.16. The molecule has 110 valence electrons. The number of aromatic nitrogens is 2. The van der Waals surface area contributed by atoms with Crippen molar-refractivity contribution in [2.75, 3.05) is 26.7 Å². The molecule has 0 fully saturated rings. The van der Waals surface area contributed by atoms with Gasteiger partial charge in [-0.15, -0.1) is 0 Å². The number of nitrogens with zero attached hydrogens (tertiary/aromatic N) is 2. The molecule has 0 saturated carbocycles. The molecule has 20 heavy (non-hydrogen) atoms. The molecule has 4 nitrogen and oxygen atoms in total. The van der Waals surface area contributed by atoms with E-state index >= 15 is 0 Å². The summed E-state index contributed by atoms with van der Waals surface area (Å²) in [5.41, 5.74) is 3.33. The summed E-state index contributed by atoms with van der Waals surface area (Å²) < 4.78 is 5.36. The van der Waals surface area contributed by atoms with Gasteiger partial charge in [0.25, 0.3) is 0 Å². The van der Waals surface area contributed by atoms with Gasteiger partial charge >= 0.3 is 0 Å². The van der Waals surface area contributed by atoms with E-state index < -0.39 is 0 Å². The molecule has 2 rings (SSSR count). The Morgan fingerprint density at radius 2 is 1.90 bits per heavy atom. The van der Waals surface area contributed by atoms with E-state index in [1.165, 1.54) is 31.5 Å². The Morgan fingerprint density at radius 3 is 2.55 bits per heavy atom. The topological polar surface area (TPSA) is 41.1 Å². The lowest BCUT2D eigenvalue weighted by Crippen LogP contribution is -2.27. The van der Waals surface area contributed by atoms with Gasteiger partial charge in [0.05, 0.1) is 19.0 Å². The van der Waals surface area contributed by atoms with Gasteiger partial charge in [0, 0.05) is 6.54 Å². The van der Waals surface area contributed by atoms with Crippen molar-refractivity contribution in [1.29, 1.82) is 0 Å². The molecule has 0 aliphatic rings. The number of nitrogens with one attached hydrogen (secondary N) is 1.